The van der Waals surface area contributed by atoms with E-state index < -0.39 is 41.9 Å². The lowest BCUT2D eigenvalue weighted by Gasteiger charge is -2.39. The molecule has 1 aliphatic heterocycles. The van der Waals surface area contributed by atoms with E-state index in [0.717, 1.165) is 0 Å². The fourth-order valence-corrected chi connectivity index (χ4v) is 3.77. The molecule has 11 nitrogen and oxygen atoms in total. The molecule has 11 heteroatoms. The van der Waals surface area contributed by atoms with Crippen LogP contribution in [0.15, 0.2) is 39.5 Å². The van der Waals surface area contributed by atoms with E-state index in [1.807, 2.05) is 0 Å². The van der Waals surface area contributed by atoms with Crippen LogP contribution in [0.4, 0.5) is 0 Å². The molecule has 0 radical (unpaired) electrons. The van der Waals surface area contributed by atoms with Gasteiger partial charge in [0.05, 0.1) is 20.3 Å². The average Bonchev–Trinajstić information content (AvgIpc) is 2.81. The summed E-state index contributed by atoms with van der Waals surface area (Å²) in [6.07, 6.45) is -6.98. The van der Waals surface area contributed by atoms with E-state index in [9.17, 15) is 30.3 Å². The Morgan fingerprint density at radius 1 is 0.882 bits per heavy atom. The van der Waals surface area contributed by atoms with Gasteiger partial charge in [-0.25, -0.2) is 0 Å². The summed E-state index contributed by atoms with van der Waals surface area (Å²) >= 11 is 0. The normalized spacial score (nSPS) is 24.7. The van der Waals surface area contributed by atoms with Crippen LogP contribution < -0.4 is 19.6 Å². The Hall–Kier alpha value is -3.51. The topological polar surface area (TPSA) is 168 Å². The number of phenolic OH excluding ortho intramolecular Hbond substituents is 2. The van der Waals surface area contributed by atoms with Gasteiger partial charge < -0.3 is 48.9 Å². The van der Waals surface area contributed by atoms with Gasteiger partial charge in [0.15, 0.2) is 28.4 Å². The first-order valence-corrected chi connectivity index (χ1v) is 10.3. The maximum Gasteiger partial charge on any atom is 0.229 e. The molecule has 1 aromatic heterocycles. The van der Waals surface area contributed by atoms with Gasteiger partial charge in [0.25, 0.3) is 0 Å². The van der Waals surface area contributed by atoms with Gasteiger partial charge in [0, 0.05) is 17.7 Å². The van der Waals surface area contributed by atoms with Crippen molar-refractivity contribution in [3.8, 4) is 40.1 Å². The molecule has 1 fully saturated rings. The molecular weight excluding hydrogens is 452 g/mol. The molecule has 4 rings (SSSR count). The lowest BCUT2D eigenvalue weighted by Crippen LogP contribution is -2.58. The third-order valence-corrected chi connectivity index (χ3v) is 5.62. The number of benzene rings is 2. The van der Waals surface area contributed by atoms with Gasteiger partial charge >= 0.3 is 0 Å². The summed E-state index contributed by atoms with van der Waals surface area (Å²) in [7, 11) is 2.62. The first-order valence-electron chi connectivity index (χ1n) is 10.3. The van der Waals surface area contributed by atoms with E-state index in [1.165, 1.54) is 51.5 Å². The molecule has 0 amide bonds. The van der Waals surface area contributed by atoms with E-state index in [2.05, 4.69) is 0 Å². The quantitative estimate of drug-likeness (QED) is 0.357. The molecule has 0 spiro atoms. The third-order valence-electron chi connectivity index (χ3n) is 5.62. The molecule has 5 N–H and O–H groups in total. The minimum absolute atomic E-state index is 0.0678. The molecular formula is C23H24O11. The summed E-state index contributed by atoms with van der Waals surface area (Å²) < 4.78 is 27.3. The van der Waals surface area contributed by atoms with Crippen LogP contribution in [0, 0.1) is 0 Å². The Labute approximate surface area is 192 Å². The summed E-state index contributed by atoms with van der Waals surface area (Å²) in [5.74, 6) is -0.732. The highest BCUT2D eigenvalue weighted by Gasteiger charge is 2.44. The van der Waals surface area contributed by atoms with E-state index >= 15 is 0 Å². The van der Waals surface area contributed by atoms with E-state index in [1.54, 1.807) is 0 Å². The summed E-state index contributed by atoms with van der Waals surface area (Å²) in [6, 6.07) is 6.71. The molecule has 5 atom stereocenters. The molecule has 5 unspecified atom stereocenters. The third kappa shape index (κ3) is 3.99. The SMILES string of the molecule is COc1cc(-c2cc(=O)c3c(OC4OC(C)C(O)C(O)C4O)c(OC)c(O)cc3o2)ccc1O. The maximum atomic E-state index is 13.1. The number of rotatable bonds is 5. The van der Waals surface area contributed by atoms with Crippen molar-refractivity contribution in [3.63, 3.8) is 0 Å². The van der Waals surface area contributed by atoms with Crippen LogP contribution in [0.25, 0.3) is 22.3 Å². The molecule has 34 heavy (non-hydrogen) atoms. The van der Waals surface area contributed by atoms with E-state index in [0.29, 0.717) is 5.56 Å². The molecule has 0 aliphatic carbocycles. The van der Waals surface area contributed by atoms with Gasteiger partial charge in [-0.1, -0.05) is 0 Å². The van der Waals surface area contributed by atoms with Crippen molar-refractivity contribution in [3.05, 3.63) is 40.6 Å². The molecule has 0 saturated carbocycles. The van der Waals surface area contributed by atoms with Crippen molar-refractivity contribution in [2.24, 2.45) is 0 Å². The number of hydrogen-bond acceptors (Lipinski definition) is 11. The second-order valence-corrected chi connectivity index (χ2v) is 7.79. The predicted octanol–water partition coefficient (Wildman–Crippen LogP) is 1.09. The van der Waals surface area contributed by atoms with Gasteiger partial charge in [-0.15, -0.1) is 0 Å². The highest BCUT2D eigenvalue weighted by atomic mass is 16.7. The maximum absolute atomic E-state index is 13.1. The van der Waals surface area contributed by atoms with Crippen molar-refractivity contribution in [1.29, 1.82) is 0 Å². The molecule has 0 bridgehead atoms. The predicted molar refractivity (Wildman–Crippen MR) is 117 cm³/mol. The first-order chi connectivity index (χ1) is 16.2. The fourth-order valence-electron chi connectivity index (χ4n) is 3.77. The number of fused-ring (bicyclic) bond motifs is 1. The molecule has 1 saturated heterocycles. The van der Waals surface area contributed by atoms with Crippen LogP contribution >= 0.6 is 0 Å². The Morgan fingerprint density at radius 2 is 1.62 bits per heavy atom. The number of aliphatic hydroxyl groups excluding tert-OH is 3. The van der Waals surface area contributed by atoms with Gasteiger partial charge in [0.1, 0.15) is 35.0 Å². The Bertz CT molecular complexity index is 1270. The van der Waals surface area contributed by atoms with Gasteiger partial charge in [-0.3, -0.25) is 4.79 Å². The molecule has 1 aliphatic rings. The van der Waals surface area contributed by atoms with Crippen molar-refractivity contribution in [2.45, 2.75) is 37.6 Å². The lowest BCUT2D eigenvalue weighted by molar-refractivity contribution is -0.268. The number of phenols is 2. The Morgan fingerprint density at radius 3 is 2.29 bits per heavy atom. The summed E-state index contributed by atoms with van der Waals surface area (Å²) in [5, 5.41) is 50.5. The molecule has 2 aromatic carbocycles. The zero-order valence-electron chi connectivity index (χ0n) is 18.5. The van der Waals surface area contributed by atoms with E-state index in [4.69, 9.17) is 23.4 Å². The number of aromatic hydroxyl groups is 2. The highest BCUT2D eigenvalue weighted by Crippen LogP contribution is 2.44. The van der Waals surface area contributed by atoms with Gasteiger partial charge in [0.2, 0.25) is 12.0 Å². The first kappa shape index (κ1) is 23.6. The zero-order valence-corrected chi connectivity index (χ0v) is 18.5. The second-order valence-electron chi connectivity index (χ2n) is 7.79. The van der Waals surface area contributed by atoms with Crippen LogP contribution in [0.5, 0.6) is 28.7 Å². The summed E-state index contributed by atoms with van der Waals surface area (Å²) in [5.41, 5.74) is -0.222. The summed E-state index contributed by atoms with van der Waals surface area (Å²) in [6.45, 7) is 1.47. The smallest absolute Gasteiger partial charge is 0.229 e. The fraction of sp³-hybridized carbons (Fsp3) is 0.348. The minimum atomic E-state index is -1.66. The molecule has 182 valence electrons. The van der Waals surface area contributed by atoms with Gasteiger partial charge in [-0.2, -0.15) is 0 Å². The van der Waals surface area contributed by atoms with Gasteiger partial charge in [-0.05, 0) is 25.1 Å². The van der Waals surface area contributed by atoms with Crippen LogP contribution in [0.3, 0.4) is 0 Å². The molecule has 2 heterocycles. The molecule has 3 aromatic rings. The van der Waals surface area contributed by atoms with Crippen LogP contribution in [-0.4, -0.2) is 70.5 Å². The van der Waals surface area contributed by atoms with Crippen LogP contribution in [0.2, 0.25) is 0 Å². The lowest BCUT2D eigenvalue weighted by atomic mass is 10.00. The Kier molecular flexibility index (Phi) is 6.28. The largest absolute Gasteiger partial charge is 0.504 e. The number of methoxy groups -OCH3 is 2. The van der Waals surface area contributed by atoms with Crippen LogP contribution in [0.1, 0.15) is 6.92 Å². The van der Waals surface area contributed by atoms with Crippen LogP contribution in [-0.2, 0) is 4.74 Å². The van der Waals surface area contributed by atoms with Crippen molar-refractivity contribution < 1.29 is 48.9 Å². The van der Waals surface area contributed by atoms with E-state index in [-0.39, 0.29) is 39.7 Å². The monoisotopic (exact) mass is 476 g/mol. The van der Waals surface area contributed by atoms with Crippen molar-refractivity contribution in [1.82, 2.24) is 0 Å². The number of aliphatic hydroxyl groups is 3. The average molecular weight is 476 g/mol. The standard InChI is InChI=1S/C23H24O11/c1-9-18(27)19(28)20(29)23(32-9)34-22-17-12(25)7-14(10-4-5-11(24)15(6-10)30-2)33-16(17)8-13(26)21(22)31-3/h4-9,18-20,23-24,26-29H,1-3H3. The zero-order chi connectivity index (χ0) is 24.7. The van der Waals surface area contributed by atoms with Crippen molar-refractivity contribution >= 4 is 11.0 Å². The number of hydrogen-bond donors (Lipinski definition) is 5. The number of ether oxygens (including phenoxy) is 4. The minimum Gasteiger partial charge on any atom is -0.504 e. The van der Waals surface area contributed by atoms with Crippen molar-refractivity contribution in [2.75, 3.05) is 14.2 Å². The summed E-state index contributed by atoms with van der Waals surface area (Å²) in [4.78, 5) is 13.1. The second kappa shape index (κ2) is 9.03. The Balaban J connectivity index is 1.85. The highest BCUT2D eigenvalue weighted by molar-refractivity contribution is 5.90.